The number of nitrogens with two attached hydrogens (primary N) is 1. The molecule has 1 aliphatic heterocycles. The van der Waals surface area contributed by atoms with Crippen molar-refractivity contribution in [1.29, 1.82) is 0 Å². The average Bonchev–Trinajstić information content (AvgIpc) is 3.26. The third kappa shape index (κ3) is 4.63. The van der Waals surface area contributed by atoms with Crippen LogP contribution in [0.2, 0.25) is 0 Å². The van der Waals surface area contributed by atoms with E-state index in [-0.39, 0.29) is 5.91 Å². The van der Waals surface area contributed by atoms with E-state index >= 15 is 0 Å². The van der Waals surface area contributed by atoms with Gasteiger partial charge in [0, 0.05) is 24.9 Å². The number of rotatable bonds is 7. The number of nitrogens with one attached hydrogen (secondary N) is 1. The van der Waals surface area contributed by atoms with Gasteiger partial charge >= 0.3 is 0 Å². The van der Waals surface area contributed by atoms with Crippen molar-refractivity contribution in [3.63, 3.8) is 0 Å². The van der Waals surface area contributed by atoms with Crippen LogP contribution in [0.15, 0.2) is 29.6 Å². The van der Waals surface area contributed by atoms with Crippen molar-refractivity contribution in [2.24, 2.45) is 5.73 Å². The summed E-state index contributed by atoms with van der Waals surface area (Å²) in [6.07, 6.45) is 3.35. The minimum absolute atomic E-state index is 0.129. The van der Waals surface area contributed by atoms with E-state index in [4.69, 9.17) is 5.73 Å². The number of carbonyl (C=O) groups is 1. The molecule has 1 aromatic heterocycles. The van der Waals surface area contributed by atoms with E-state index < -0.39 is 0 Å². The minimum atomic E-state index is -0.129. The second kappa shape index (κ2) is 8.37. The third-order valence-electron chi connectivity index (χ3n) is 4.22. The molecule has 24 heavy (non-hydrogen) atoms. The SMILES string of the molecule is NCCc1nc(C(=O)NCc2ccc(CN3CCCC3)cc2)cs1. The summed E-state index contributed by atoms with van der Waals surface area (Å²) >= 11 is 1.48. The maximum atomic E-state index is 12.1. The maximum absolute atomic E-state index is 12.1. The van der Waals surface area contributed by atoms with Gasteiger partial charge in [0.1, 0.15) is 5.69 Å². The van der Waals surface area contributed by atoms with E-state index in [1.807, 2.05) is 0 Å². The number of amides is 1. The molecule has 1 fully saturated rings. The fourth-order valence-corrected chi connectivity index (χ4v) is 3.68. The third-order valence-corrected chi connectivity index (χ3v) is 5.13. The first-order valence-corrected chi connectivity index (χ1v) is 9.35. The largest absolute Gasteiger partial charge is 0.347 e. The molecule has 2 heterocycles. The molecule has 1 aliphatic rings. The fraction of sp³-hybridized carbons (Fsp3) is 0.444. The Bertz CT molecular complexity index is 662. The van der Waals surface area contributed by atoms with Gasteiger partial charge in [-0.3, -0.25) is 9.69 Å². The lowest BCUT2D eigenvalue weighted by Crippen LogP contribution is -2.23. The highest BCUT2D eigenvalue weighted by atomic mass is 32.1. The summed E-state index contributed by atoms with van der Waals surface area (Å²) in [6.45, 7) is 4.51. The van der Waals surface area contributed by atoms with Crippen LogP contribution in [-0.4, -0.2) is 35.4 Å². The molecule has 1 saturated heterocycles. The molecule has 0 atom stereocenters. The Kier molecular flexibility index (Phi) is 5.96. The van der Waals surface area contributed by atoms with Crippen LogP contribution in [0.25, 0.3) is 0 Å². The van der Waals surface area contributed by atoms with Crippen LogP contribution in [0, 0.1) is 0 Å². The first-order chi connectivity index (χ1) is 11.7. The minimum Gasteiger partial charge on any atom is -0.347 e. The van der Waals surface area contributed by atoms with E-state index in [1.165, 1.54) is 42.8 Å². The number of hydrogen-bond donors (Lipinski definition) is 2. The highest BCUT2D eigenvalue weighted by Crippen LogP contribution is 2.14. The average molecular weight is 344 g/mol. The predicted molar refractivity (Wildman–Crippen MR) is 97.0 cm³/mol. The van der Waals surface area contributed by atoms with Gasteiger partial charge in [-0.15, -0.1) is 11.3 Å². The van der Waals surface area contributed by atoms with Gasteiger partial charge in [0.2, 0.25) is 0 Å². The monoisotopic (exact) mass is 344 g/mol. The van der Waals surface area contributed by atoms with Crippen molar-refractivity contribution in [3.8, 4) is 0 Å². The van der Waals surface area contributed by atoms with Gasteiger partial charge in [0.05, 0.1) is 5.01 Å². The number of aromatic nitrogens is 1. The maximum Gasteiger partial charge on any atom is 0.271 e. The number of hydrogen-bond acceptors (Lipinski definition) is 5. The number of likely N-dealkylation sites (tertiary alicyclic amines) is 1. The topological polar surface area (TPSA) is 71.2 Å². The van der Waals surface area contributed by atoms with Gasteiger partial charge in [-0.05, 0) is 43.6 Å². The number of carbonyl (C=O) groups excluding carboxylic acids is 1. The van der Waals surface area contributed by atoms with E-state index in [0.717, 1.165) is 23.5 Å². The van der Waals surface area contributed by atoms with E-state index in [0.29, 0.717) is 18.8 Å². The van der Waals surface area contributed by atoms with Crippen LogP contribution in [0.1, 0.15) is 39.5 Å². The quantitative estimate of drug-likeness (QED) is 0.807. The van der Waals surface area contributed by atoms with Crippen molar-refractivity contribution in [3.05, 3.63) is 51.5 Å². The van der Waals surface area contributed by atoms with Gasteiger partial charge < -0.3 is 11.1 Å². The Balaban J connectivity index is 1.49. The van der Waals surface area contributed by atoms with Gasteiger partial charge in [-0.2, -0.15) is 0 Å². The van der Waals surface area contributed by atoms with E-state index in [2.05, 4.69) is 39.5 Å². The molecule has 0 aliphatic carbocycles. The molecule has 1 amide bonds. The molecule has 6 heteroatoms. The van der Waals surface area contributed by atoms with Crippen molar-refractivity contribution in [1.82, 2.24) is 15.2 Å². The zero-order valence-electron chi connectivity index (χ0n) is 13.8. The Morgan fingerprint density at radius 1 is 1.21 bits per heavy atom. The Morgan fingerprint density at radius 3 is 2.62 bits per heavy atom. The molecule has 3 rings (SSSR count). The van der Waals surface area contributed by atoms with Gasteiger partial charge in [0.25, 0.3) is 5.91 Å². The molecule has 0 bridgehead atoms. The summed E-state index contributed by atoms with van der Waals surface area (Å²) < 4.78 is 0. The zero-order valence-corrected chi connectivity index (χ0v) is 14.6. The summed E-state index contributed by atoms with van der Waals surface area (Å²) in [6, 6.07) is 8.49. The molecule has 0 unspecified atom stereocenters. The lowest BCUT2D eigenvalue weighted by atomic mass is 10.1. The lowest BCUT2D eigenvalue weighted by Gasteiger charge is -2.14. The number of benzene rings is 1. The van der Waals surface area contributed by atoms with Crippen LogP contribution in [0.5, 0.6) is 0 Å². The summed E-state index contributed by atoms with van der Waals surface area (Å²) in [5.74, 6) is -0.129. The second-order valence-electron chi connectivity index (χ2n) is 6.15. The van der Waals surface area contributed by atoms with Gasteiger partial charge in [0.15, 0.2) is 0 Å². The molecule has 5 nitrogen and oxygen atoms in total. The predicted octanol–water partition coefficient (Wildman–Crippen LogP) is 2.17. The van der Waals surface area contributed by atoms with Gasteiger partial charge in [-0.25, -0.2) is 4.98 Å². The second-order valence-corrected chi connectivity index (χ2v) is 7.09. The first kappa shape index (κ1) is 17.1. The van der Waals surface area contributed by atoms with Gasteiger partial charge in [-0.1, -0.05) is 24.3 Å². The summed E-state index contributed by atoms with van der Waals surface area (Å²) in [5.41, 5.74) is 8.42. The van der Waals surface area contributed by atoms with Crippen LogP contribution < -0.4 is 11.1 Å². The number of thiazole rings is 1. The van der Waals surface area contributed by atoms with Crippen molar-refractivity contribution >= 4 is 17.2 Å². The molecule has 128 valence electrons. The highest BCUT2D eigenvalue weighted by molar-refractivity contribution is 7.09. The van der Waals surface area contributed by atoms with Crippen LogP contribution in [-0.2, 0) is 19.5 Å². The first-order valence-electron chi connectivity index (χ1n) is 8.47. The standard InChI is InChI=1S/C18H24N4OS/c19-8-7-17-21-16(13-24-17)18(23)20-11-14-3-5-15(6-4-14)12-22-9-1-2-10-22/h3-6,13H,1-2,7-12,19H2,(H,20,23). The summed E-state index contributed by atoms with van der Waals surface area (Å²) in [4.78, 5) is 18.9. The summed E-state index contributed by atoms with van der Waals surface area (Å²) in [5, 5.41) is 5.63. The Hall–Kier alpha value is -1.76. The van der Waals surface area contributed by atoms with Crippen molar-refractivity contribution in [2.75, 3.05) is 19.6 Å². The molecule has 2 aromatic rings. The Labute approximate surface area is 146 Å². The smallest absolute Gasteiger partial charge is 0.271 e. The zero-order chi connectivity index (χ0) is 16.8. The Morgan fingerprint density at radius 2 is 1.92 bits per heavy atom. The molecule has 3 N–H and O–H groups in total. The van der Waals surface area contributed by atoms with E-state index in [9.17, 15) is 4.79 Å². The fourth-order valence-electron chi connectivity index (χ4n) is 2.89. The van der Waals surface area contributed by atoms with E-state index in [1.54, 1.807) is 5.38 Å². The molecular weight excluding hydrogens is 320 g/mol. The molecule has 0 spiro atoms. The molecular formula is C18H24N4OS. The molecule has 0 radical (unpaired) electrons. The lowest BCUT2D eigenvalue weighted by molar-refractivity contribution is 0.0946. The molecule has 1 aromatic carbocycles. The van der Waals surface area contributed by atoms with Crippen molar-refractivity contribution < 1.29 is 4.79 Å². The van der Waals surface area contributed by atoms with Crippen LogP contribution in [0.4, 0.5) is 0 Å². The van der Waals surface area contributed by atoms with Crippen LogP contribution in [0.3, 0.4) is 0 Å². The number of nitrogens with zero attached hydrogens (tertiary/aromatic N) is 2. The van der Waals surface area contributed by atoms with Crippen molar-refractivity contribution in [2.45, 2.75) is 32.4 Å². The normalized spacial score (nSPS) is 14.9. The van der Waals surface area contributed by atoms with Crippen LogP contribution >= 0.6 is 11.3 Å². The highest BCUT2D eigenvalue weighted by Gasteiger charge is 2.12. The molecule has 0 saturated carbocycles. The summed E-state index contributed by atoms with van der Waals surface area (Å²) in [7, 11) is 0.